The molecule has 0 saturated carbocycles. The van der Waals surface area contributed by atoms with Crippen molar-refractivity contribution in [2.75, 3.05) is 0 Å². The maximum absolute atomic E-state index is 12.4. The highest BCUT2D eigenvalue weighted by Crippen LogP contribution is 2.35. The second-order valence-corrected chi connectivity index (χ2v) is 33.7. The molecule has 0 N–H and O–H groups in total. The molecule has 100 heavy (non-hydrogen) atoms. The molecule has 0 saturated heterocycles. The number of ketones is 7. The van der Waals surface area contributed by atoms with Gasteiger partial charge in [0.1, 0.15) is 0 Å². The summed E-state index contributed by atoms with van der Waals surface area (Å²) in [6, 6.07) is 61.7. The molecule has 0 aliphatic carbocycles. The highest BCUT2D eigenvalue weighted by molar-refractivity contribution is 6.00. The van der Waals surface area contributed by atoms with Gasteiger partial charge in [0, 0.05) is 76.5 Å². The van der Waals surface area contributed by atoms with Crippen LogP contribution in [0.25, 0.3) is 0 Å². The standard InChI is InChI=1S/C16H24O.2C15H22O.C14H20O.C13H18O.C12H16O.C8H8O/c1-5-6-9-13-10-7-8-11-14(13)15(17)12-16(2,3)4;1-11(2)13(15(3,4)5)14(16)12-9-7-6-8-10-12;1-5-8-12-9-6-7-10-13(12)14(16)11-15(2,3)4;1-5-11-8-6-7-9-12(11)13(15)10-14(2,3)4;1-10(13(2,3)4)12(14)11-8-6-5-7-9-11;1-12(2,3)9-11(13)10-7-5-4-6-8-10;1-7(9)8-5-3-2-4-6-8/h7-8,10-11H,5-6,9,12H2,1-4H3;6-11,13H,1-5H3;6-7,9-10H,5,8,11H2,1-4H3;6-9H,5,10H2,1-4H3;5-10H,1-4H3;4-8H,9H2,1-3H3;2-6H,1H3. The summed E-state index contributed by atoms with van der Waals surface area (Å²) in [5.41, 5.74) is 9.87. The Balaban J connectivity index is 0.000000587. The molecule has 0 radical (unpaired) electrons. The van der Waals surface area contributed by atoms with E-state index in [9.17, 15) is 33.6 Å². The van der Waals surface area contributed by atoms with E-state index in [4.69, 9.17) is 0 Å². The first-order valence-electron chi connectivity index (χ1n) is 36.5. The lowest BCUT2D eigenvalue weighted by Crippen LogP contribution is -2.33. The quantitative estimate of drug-likeness (QED) is 0.0697. The summed E-state index contributed by atoms with van der Waals surface area (Å²) in [5.74, 6) is 2.18. The number of carbonyl (C=O) groups is 7. The number of Topliss-reactive ketones (excluding diaryl/α,β-unsaturated/α-hetero) is 7. The predicted molar refractivity (Wildman–Crippen MR) is 426 cm³/mol. The van der Waals surface area contributed by atoms with Crippen LogP contribution in [0, 0.1) is 50.2 Å². The molecule has 2 atom stereocenters. The molecule has 0 fully saturated rings. The molecule has 0 aromatic heterocycles. The van der Waals surface area contributed by atoms with Crippen molar-refractivity contribution in [2.45, 2.75) is 237 Å². The van der Waals surface area contributed by atoms with Gasteiger partial charge in [0.05, 0.1) is 0 Å². The Bertz CT molecular complexity index is 3530. The molecule has 0 bridgehead atoms. The van der Waals surface area contributed by atoms with Crippen molar-refractivity contribution < 1.29 is 33.6 Å². The minimum absolute atomic E-state index is 0.0150. The van der Waals surface area contributed by atoms with Gasteiger partial charge in [-0.05, 0) is 87.7 Å². The monoisotopic (exact) mass is 1360 g/mol. The summed E-state index contributed by atoms with van der Waals surface area (Å²) in [4.78, 5) is 83.2. The number of aryl methyl sites for hydroxylation is 3. The zero-order valence-electron chi connectivity index (χ0n) is 66.6. The van der Waals surface area contributed by atoms with Gasteiger partial charge >= 0.3 is 0 Å². The van der Waals surface area contributed by atoms with Crippen molar-refractivity contribution in [3.05, 3.63) is 250 Å². The third kappa shape index (κ3) is 37.6. The molecular weight excluding hydrogens is 1230 g/mol. The molecule has 7 heteroatoms. The first-order chi connectivity index (χ1) is 46.4. The van der Waals surface area contributed by atoms with Gasteiger partial charge in [-0.15, -0.1) is 0 Å². The van der Waals surface area contributed by atoms with Crippen molar-refractivity contribution in [1.82, 2.24) is 0 Å². The van der Waals surface area contributed by atoms with Gasteiger partial charge in [0.15, 0.2) is 40.5 Å². The minimum Gasteiger partial charge on any atom is -0.295 e. The number of unbranched alkanes of at least 4 members (excludes halogenated alkanes) is 1. The lowest BCUT2D eigenvalue weighted by molar-refractivity contribution is 0.0740. The average molecular weight is 1360 g/mol. The maximum Gasteiger partial charge on any atom is 0.166 e. The maximum atomic E-state index is 12.4. The van der Waals surface area contributed by atoms with Gasteiger partial charge in [-0.3, -0.25) is 33.6 Å². The molecule has 2 unspecified atom stereocenters. The molecule has 7 nitrogen and oxygen atoms in total. The van der Waals surface area contributed by atoms with Crippen LogP contribution in [0.15, 0.2) is 194 Å². The number of benzene rings is 7. The number of rotatable bonds is 20. The second-order valence-electron chi connectivity index (χ2n) is 33.7. The molecule has 7 rings (SSSR count). The first kappa shape index (κ1) is 90.2. The van der Waals surface area contributed by atoms with Gasteiger partial charge in [0.25, 0.3) is 0 Å². The smallest absolute Gasteiger partial charge is 0.166 e. The van der Waals surface area contributed by atoms with E-state index < -0.39 is 0 Å². The highest BCUT2D eigenvalue weighted by atomic mass is 16.1. The molecule has 0 spiro atoms. The molecule has 0 aliphatic heterocycles. The predicted octanol–water partition coefficient (Wildman–Crippen LogP) is 25.7. The molecule has 0 aliphatic rings. The topological polar surface area (TPSA) is 119 Å². The van der Waals surface area contributed by atoms with Crippen LogP contribution < -0.4 is 0 Å². The van der Waals surface area contributed by atoms with Crippen molar-refractivity contribution in [1.29, 1.82) is 0 Å². The Kier molecular flexibility index (Phi) is 39.5. The van der Waals surface area contributed by atoms with Crippen molar-refractivity contribution in [3.63, 3.8) is 0 Å². The van der Waals surface area contributed by atoms with Crippen LogP contribution in [0.2, 0.25) is 0 Å². The number of hydrogen-bond donors (Lipinski definition) is 0. The Morgan fingerprint density at radius 2 is 0.600 bits per heavy atom. The fourth-order valence-corrected chi connectivity index (χ4v) is 11.1. The van der Waals surface area contributed by atoms with E-state index in [1.807, 2.05) is 189 Å². The average Bonchev–Trinajstić information content (AvgIpc) is 0.836. The molecular formula is C93H130O7. The molecule has 7 aromatic rings. The van der Waals surface area contributed by atoms with E-state index in [2.05, 4.69) is 171 Å². The molecule has 7 aromatic carbocycles. The fraction of sp³-hybridized carbons (Fsp3) is 0.473. The van der Waals surface area contributed by atoms with Gasteiger partial charge < -0.3 is 0 Å². The van der Waals surface area contributed by atoms with E-state index in [-0.39, 0.29) is 84.8 Å². The van der Waals surface area contributed by atoms with Crippen molar-refractivity contribution in [2.24, 2.45) is 50.2 Å². The third-order valence-electron chi connectivity index (χ3n) is 16.4. The SMILES string of the molecule is CC(=O)c1ccccc1.CC(C(=O)c1ccccc1)C(C)(C)C.CC(C)(C)CC(=O)c1ccccc1.CC(C)C(C(=O)c1ccccc1)C(C)(C)C.CCCCc1ccccc1C(=O)CC(C)(C)C.CCCc1ccccc1C(=O)CC(C)(C)C.CCc1ccccc1C(=O)CC(C)(C)C. The summed E-state index contributed by atoms with van der Waals surface area (Å²) in [7, 11) is 0. The van der Waals surface area contributed by atoms with Crippen LogP contribution in [-0.4, -0.2) is 40.5 Å². The van der Waals surface area contributed by atoms with Crippen molar-refractivity contribution >= 4 is 40.5 Å². The summed E-state index contributed by atoms with van der Waals surface area (Å²) in [6.07, 6.45) is 8.80. The third-order valence-corrected chi connectivity index (χ3v) is 16.4. The van der Waals surface area contributed by atoms with Crippen LogP contribution in [-0.2, 0) is 19.3 Å². The fourth-order valence-electron chi connectivity index (χ4n) is 11.1. The Hall–Kier alpha value is -7.77. The first-order valence-corrected chi connectivity index (χ1v) is 36.5. The lowest BCUT2D eigenvalue weighted by Gasteiger charge is -2.32. The summed E-state index contributed by atoms with van der Waals surface area (Å²) < 4.78 is 0. The highest BCUT2D eigenvalue weighted by Gasteiger charge is 2.34. The van der Waals surface area contributed by atoms with Gasteiger partial charge in [-0.1, -0.05) is 373 Å². The summed E-state index contributed by atoms with van der Waals surface area (Å²) in [5, 5.41) is 0. The van der Waals surface area contributed by atoms with Crippen LogP contribution in [0.5, 0.6) is 0 Å². The second kappa shape index (κ2) is 43.8. The van der Waals surface area contributed by atoms with E-state index in [1.165, 1.54) is 17.5 Å². The Morgan fingerprint density at radius 3 is 0.890 bits per heavy atom. The van der Waals surface area contributed by atoms with Gasteiger partial charge in [-0.2, -0.15) is 0 Å². The van der Waals surface area contributed by atoms with E-state index in [1.54, 1.807) is 6.92 Å². The zero-order valence-corrected chi connectivity index (χ0v) is 66.6. The normalized spacial score (nSPS) is 11.9. The van der Waals surface area contributed by atoms with E-state index in [0.29, 0.717) is 31.6 Å². The number of hydrogen-bond acceptors (Lipinski definition) is 7. The zero-order chi connectivity index (χ0) is 76.2. The Morgan fingerprint density at radius 1 is 0.310 bits per heavy atom. The number of carbonyl (C=O) groups excluding carboxylic acids is 7. The van der Waals surface area contributed by atoms with Crippen LogP contribution in [0.3, 0.4) is 0 Å². The lowest BCUT2D eigenvalue weighted by atomic mass is 9.70. The summed E-state index contributed by atoms with van der Waals surface area (Å²) >= 11 is 0. The van der Waals surface area contributed by atoms with E-state index in [0.717, 1.165) is 76.6 Å². The van der Waals surface area contributed by atoms with Crippen LogP contribution >= 0.6 is 0 Å². The van der Waals surface area contributed by atoms with Crippen LogP contribution in [0.1, 0.15) is 307 Å². The minimum atomic E-state index is 0.0150. The van der Waals surface area contributed by atoms with Gasteiger partial charge in [-0.25, -0.2) is 0 Å². The van der Waals surface area contributed by atoms with Crippen LogP contribution in [0.4, 0.5) is 0 Å². The van der Waals surface area contributed by atoms with E-state index >= 15 is 0 Å². The molecule has 0 heterocycles. The van der Waals surface area contributed by atoms with Gasteiger partial charge in [0.2, 0.25) is 0 Å². The van der Waals surface area contributed by atoms with Crippen molar-refractivity contribution in [3.8, 4) is 0 Å². The largest absolute Gasteiger partial charge is 0.295 e. The molecule has 0 amide bonds. The summed E-state index contributed by atoms with van der Waals surface area (Å²) in [6.45, 7) is 52.1. The molecule has 544 valence electrons. The Labute approximate surface area is 608 Å².